The number of sulfonamides is 1. The smallest absolute Gasteiger partial charge is 0.270 e. The van der Waals surface area contributed by atoms with Gasteiger partial charge in [-0.25, -0.2) is 13.1 Å². The van der Waals surface area contributed by atoms with E-state index >= 15 is 0 Å². The van der Waals surface area contributed by atoms with E-state index in [4.69, 9.17) is 9.47 Å². The topological polar surface area (TPSA) is 94.6 Å². The minimum atomic E-state index is -4.25. The highest BCUT2D eigenvalue weighted by Crippen LogP contribution is 2.47. The van der Waals surface area contributed by atoms with Gasteiger partial charge in [-0.05, 0) is 62.2 Å². The van der Waals surface area contributed by atoms with Crippen LogP contribution in [0.25, 0.3) is 10.9 Å². The number of nitrogens with one attached hydrogen (secondary N) is 1. The van der Waals surface area contributed by atoms with Crippen LogP contribution in [-0.2, 0) is 25.2 Å². The van der Waals surface area contributed by atoms with Crippen molar-refractivity contribution in [2.24, 2.45) is 0 Å². The van der Waals surface area contributed by atoms with Crippen LogP contribution in [0.2, 0.25) is 0 Å². The number of rotatable bonds is 6. The second-order valence-electron chi connectivity index (χ2n) is 9.36. The van der Waals surface area contributed by atoms with E-state index in [1.807, 2.05) is 56.3 Å². The SMILES string of the molecule is COc1ccc(C)cc1[C@]1(C(=O)NS(=O)(=O)c2cccc3nc(C)ccc23)C[C@H](c2ccccc2)CO1. The molecule has 5 rings (SSSR count). The Balaban J connectivity index is 1.58. The maximum absolute atomic E-state index is 14.0. The van der Waals surface area contributed by atoms with Gasteiger partial charge in [-0.15, -0.1) is 0 Å². The Labute approximate surface area is 216 Å². The Morgan fingerprint density at radius 3 is 2.57 bits per heavy atom. The van der Waals surface area contributed by atoms with Crippen molar-refractivity contribution >= 4 is 26.8 Å². The molecule has 0 radical (unpaired) electrons. The Hall–Kier alpha value is -3.75. The minimum Gasteiger partial charge on any atom is -0.496 e. The lowest BCUT2D eigenvalue weighted by molar-refractivity contribution is -0.140. The molecule has 1 aromatic heterocycles. The van der Waals surface area contributed by atoms with Crippen LogP contribution >= 0.6 is 0 Å². The van der Waals surface area contributed by atoms with Crippen LogP contribution in [0.15, 0.2) is 83.8 Å². The van der Waals surface area contributed by atoms with Crippen LogP contribution in [0.1, 0.15) is 34.7 Å². The predicted octanol–water partition coefficient (Wildman–Crippen LogP) is 4.76. The molecule has 7 nitrogen and oxygen atoms in total. The number of fused-ring (bicyclic) bond motifs is 1. The summed E-state index contributed by atoms with van der Waals surface area (Å²) in [7, 11) is -2.74. The fourth-order valence-electron chi connectivity index (χ4n) is 4.98. The molecule has 2 atom stereocenters. The lowest BCUT2D eigenvalue weighted by atomic mass is 9.83. The van der Waals surface area contributed by atoms with Crippen LogP contribution in [0.3, 0.4) is 0 Å². The summed E-state index contributed by atoms with van der Waals surface area (Å²) in [5, 5.41) is 0.435. The van der Waals surface area contributed by atoms with Gasteiger partial charge in [0.25, 0.3) is 15.9 Å². The molecule has 0 spiro atoms. The van der Waals surface area contributed by atoms with E-state index < -0.39 is 21.5 Å². The number of hydrogen-bond acceptors (Lipinski definition) is 6. The van der Waals surface area contributed by atoms with Gasteiger partial charge in [0.2, 0.25) is 0 Å². The van der Waals surface area contributed by atoms with E-state index in [1.165, 1.54) is 13.2 Å². The summed E-state index contributed by atoms with van der Waals surface area (Å²) in [4.78, 5) is 18.4. The third-order valence-electron chi connectivity index (χ3n) is 6.84. The maximum Gasteiger partial charge on any atom is 0.270 e. The summed E-state index contributed by atoms with van der Waals surface area (Å²) in [6.45, 7) is 3.99. The quantitative estimate of drug-likeness (QED) is 0.397. The number of aryl methyl sites for hydroxylation is 2. The van der Waals surface area contributed by atoms with Gasteiger partial charge in [0.1, 0.15) is 5.75 Å². The zero-order valence-electron chi connectivity index (χ0n) is 20.9. The number of pyridine rings is 1. The Bertz CT molecular complexity index is 1590. The number of ether oxygens (including phenoxy) is 2. The van der Waals surface area contributed by atoms with Gasteiger partial charge in [-0.1, -0.05) is 48.0 Å². The lowest BCUT2D eigenvalue weighted by Gasteiger charge is -2.29. The minimum absolute atomic E-state index is 0.0187. The first-order valence-corrected chi connectivity index (χ1v) is 13.5. The summed E-state index contributed by atoms with van der Waals surface area (Å²) in [6, 6.07) is 23.5. The number of nitrogens with zero attached hydrogens (tertiary/aromatic N) is 1. The molecule has 0 saturated carbocycles. The first-order chi connectivity index (χ1) is 17.7. The predicted molar refractivity (Wildman–Crippen MR) is 141 cm³/mol. The van der Waals surface area contributed by atoms with Gasteiger partial charge >= 0.3 is 0 Å². The molecule has 1 amide bonds. The summed E-state index contributed by atoms with van der Waals surface area (Å²) in [5.41, 5.74) is 2.14. The van der Waals surface area contributed by atoms with Crippen molar-refractivity contribution in [1.82, 2.24) is 9.71 Å². The Kier molecular flexibility index (Phi) is 6.47. The molecule has 8 heteroatoms. The number of methoxy groups -OCH3 is 1. The van der Waals surface area contributed by atoms with E-state index in [0.717, 1.165) is 16.8 Å². The third-order valence-corrected chi connectivity index (χ3v) is 8.23. The Morgan fingerprint density at radius 1 is 1.03 bits per heavy atom. The number of carbonyl (C=O) groups excluding carboxylic acids is 1. The standard InChI is InChI=1S/C29H28N2O5S/c1-19-12-15-26(35-3)24(16-19)29(17-22(18-36-29)21-8-5-4-6-9-21)28(32)31-37(33,34)27-11-7-10-25-23(27)14-13-20(2)30-25/h4-16,22H,17-18H2,1-3H3,(H,31,32)/t22-,29-/m0/s1. The summed E-state index contributed by atoms with van der Waals surface area (Å²) in [6.07, 6.45) is 0.258. The first-order valence-electron chi connectivity index (χ1n) is 12.0. The zero-order chi connectivity index (χ0) is 26.2. The molecule has 0 unspecified atom stereocenters. The highest BCUT2D eigenvalue weighted by Gasteiger charge is 2.51. The van der Waals surface area contributed by atoms with Crippen LogP contribution in [0.4, 0.5) is 0 Å². The van der Waals surface area contributed by atoms with Crippen molar-refractivity contribution in [3.8, 4) is 5.75 Å². The second-order valence-corrected chi connectivity index (χ2v) is 11.0. The number of hydrogen-bond donors (Lipinski definition) is 1. The zero-order valence-corrected chi connectivity index (χ0v) is 21.7. The molecule has 1 N–H and O–H groups in total. The molecule has 3 aromatic carbocycles. The second kappa shape index (κ2) is 9.61. The van der Waals surface area contributed by atoms with Crippen molar-refractivity contribution in [2.45, 2.75) is 36.7 Å². The summed E-state index contributed by atoms with van der Waals surface area (Å²) >= 11 is 0. The number of benzene rings is 3. The van der Waals surface area contributed by atoms with Gasteiger partial charge in [0, 0.05) is 22.6 Å². The molecule has 1 saturated heterocycles. The average molecular weight is 517 g/mol. The van der Waals surface area contributed by atoms with Gasteiger partial charge in [0.05, 0.1) is 24.1 Å². The van der Waals surface area contributed by atoms with Gasteiger partial charge in [-0.2, -0.15) is 0 Å². The lowest BCUT2D eigenvalue weighted by Crippen LogP contribution is -2.46. The first kappa shape index (κ1) is 24.9. The molecule has 1 fully saturated rings. The van der Waals surface area contributed by atoms with E-state index in [0.29, 0.717) is 22.2 Å². The number of amides is 1. The third kappa shape index (κ3) is 4.58. The van der Waals surface area contributed by atoms with Crippen LogP contribution in [0.5, 0.6) is 5.75 Å². The van der Waals surface area contributed by atoms with Crippen molar-refractivity contribution in [2.75, 3.05) is 13.7 Å². The molecule has 1 aliphatic rings. The fraction of sp³-hybridized carbons (Fsp3) is 0.241. The average Bonchev–Trinajstić information content (AvgIpc) is 3.35. The normalized spacial score (nSPS) is 19.6. The van der Waals surface area contributed by atoms with Gasteiger partial charge < -0.3 is 9.47 Å². The molecule has 190 valence electrons. The van der Waals surface area contributed by atoms with E-state index in [1.54, 1.807) is 30.3 Å². The molecule has 1 aliphatic heterocycles. The maximum atomic E-state index is 14.0. The van der Waals surface area contributed by atoms with E-state index in [2.05, 4.69) is 9.71 Å². The molecule has 37 heavy (non-hydrogen) atoms. The number of aromatic nitrogens is 1. The van der Waals surface area contributed by atoms with Crippen molar-refractivity contribution in [1.29, 1.82) is 0 Å². The molecule has 4 aromatic rings. The summed E-state index contributed by atoms with van der Waals surface area (Å²) < 4.78 is 41.4. The van der Waals surface area contributed by atoms with Crippen molar-refractivity contribution in [3.63, 3.8) is 0 Å². The van der Waals surface area contributed by atoms with Crippen molar-refractivity contribution < 1.29 is 22.7 Å². The summed E-state index contributed by atoms with van der Waals surface area (Å²) in [5.74, 6) is -0.409. The van der Waals surface area contributed by atoms with Crippen molar-refractivity contribution in [3.05, 3.63) is 101 Å². The molecule has 0 bridgehead atoms. The van der Waals surface area contributed by atoms with Crippen LogP contribution in [0, 0.1) is 13.8 Å². The molecule has 2 heterocycles. The van der Waals surface area contributed by atoms with Crippen LogP contribution < -0.4 is 9.46 Å². The highest BCUT2D eigenvalue weighted by atomic mass is 32.2. The van der Waals surface area contributed by atoms with Gasteiger partial charge in [-0.3, -0.25) is 9.78 Å². The highest BCUT2D eigenvalue weighted by molar-refractivity contribution is 7.90. The Morgan fingerprint density at radius 2 is 1.81 bits per heavy atom. The monoisotopic (exact) mass is 516 g/mol. The largest absolute Gasteiger partial charge is 0.496 e. The molecule has 0 aliphatic carbocycles. The molecular formula is C29H28N2O5S. The molecular weight excluding hydrogens is 488 g/mol. The van der Waals surface area contributed by atoms with E-state index in [9.17, 15) is 13.2 Å². The number of carbonyl (C=O) groups is 1. The van der Waals surface area contributed by atoms with Gasteiger partial charge in [0.15, 0.2) is 5.60 Å². The fourth-order valence-corrected chi connectivity index (χ4v) is 6.21. The van der Waals surface area contributed by atoms with Crippen LogP contribution in [-0.4, -0.2) is 33.0 Å². The van der Waals surface area contributed by atoms with E-state index in [-0.39, 0.29) is 23.8 Å².